The van der Waals surface area contributed by atoms with Gasteiger partial charge < -0.3 is 10.4 Å². The van der Waals surface area contributed by atoms with E-state index < -0.39 is 23.5 Å². The van der Waals surface area contributed by atoms with Crippen LogP contribution in [0.4, 0.5) is 0 Å². The van der Waals surface area contributed by atoms with Crippen LogP contribution in [0, 0.1) is 0 Å². The minimum Gasteiger partial charge on any atom is -0.480 e. The number of hydrogen-bond acceptors (Lipinski definition) is 5. The summed E-state index contributed by atoms with van der Waals surface area (Å²) in [4.78, 5) is 39.1. The molecule has 1 aromatic rings. The Bertz CT molecular complexity index is 626. The van der Waals surface area contributed by atoms with Crippen LogP contribution in [-0.2, 0) is 11.3 Å². The van der Waals surface area contributed by atoms with Crippen molar-refractivity contribution in [2.45, 2.75) is 24.2 Å². The van der Waals surface area contributed by atoms with Crippen molar-refractivity contribution in [2.24, 2.45) is 0 Å². The fourth-order valence-electron chi connectivity index (χ4n) is 1.80. The second-order valence-corrected chi connectivity index (χ2v) is 5.21. The molecule has 1 aromatic heterocycles. The molecular weight excluding hydrogens is 282 g/mol. The van der Waals surface area contributed by atoms with Crippen molar-refractivity contribution in [1.82, 2.24) is 14.9 Å². The normalized spacial score (nSPS) is 14.4. The number of nitrogens with zero attached hydrogens (tertiary/aromatic N) is 2. The zero-order valence-electron chi connectivity index (χ0n) is 10.5. The van der Waals surface area contributed by atoms with E-state index in [4.69, 9.17) is 5.11 Å². The highest BCUT2D eigenvalue weighted by atomic mass is 32.2. The van der Waals surface area contributed by atoms with Gasteiger partial charge in [-0.3, -0.25) is 14.2 Å². The summed E-state index contributed by atoms with van der Waals surface area (Å²) >= 11 is 1.44. The maximum atomic E-state index is 12.1. The molecule has 0 aromatic carbocycles. The largest absolute Gasteiger partial charge is 0.480 e. The molecule has 0 aliphatic carbocycles. The lowest BCUT2D eigenvalue weighted by Gasteiger charge is -2.12. The third-order valence-corrected chi connectivity index (χ3v) is 3.78. The van der Waals surface area contributed by atoms with Crippen molar-refractivity contribution in [2.75, 3.05) is 5.75 Å². The lowest BCUT2D eigenvalue weighted by atomic mass is 10.2. The summed E-state index contributed by atoms with van der Waals surface area (Å²) in [5.74, 6) is -1.17. The predicted octanol–water partition coefficient (Wildman–Crippen LogP) is 0.108. The highest BCUT2D eigenvalue weighted by molar-refractivity contribution is 7.99. The molecule has 1 amide bonds. The quantitative estimate of drug-likeness (QED) is 0.590. The molecule has 1 unspecified atom stereocenters. The number of carbonyl (C=O) groups excluding carboxylic acids is 1. The SMILES string of the molecule is C=CCC(NC(=O)c1cnc2n(c1=O)CCS2)C(=O)O. The molecule has 1 atom stereocenters. The summed E-state index contributed by atoms with van der Waals surface area (Å²) in [5.41, 5.74) is -0.591. The first-order valence-electron chi connectivity index (χ1n) is 5.91. The smallest absolute Gasteiger partial charge is 0.326 e. The Labute approximate surface area is 118 Å². The first-order chi connectivity index (χ1) is 9.54. The van der Waals surface area contributed by atoms with E-state index in [0.29, 0.717) is 11.7 Å². The Balaban J connectivity index is 2.24. The molecule has 0 spiro atoms. The van der Waals surface area contributed by atoms with E-state index in [1.807, 2.05) is 0 Å². The van der Waals surface area contributed by atoms with Crippen molar-refractivity contribution in [3.8, 4) is 0 Å². The van der Waals surface area contributed by atoms with Gasteiger partial charge >= 0.3 is 5.97 Å². The lowest BCUT2D eigenvalue weighted by Crippen LogP contribution is -2.43. The number of aliphatic carboxylic acids is 1. The molecule has 1 aliphatic heterocycles. The van der Waals surface area contributed by atoms with Gasteiger partial charge in [0, 0.05) is 18.5 Å². The van der Waals surface area contributed by atoms with Gasteiger partial charge in [-0.25, -0.2) is 9.78 Å². The molecule has 20 heavy (non-hydrogen) atoms. The van der Waals surface area contributed by atoms with Gasteiger partial charge in [0.2, 0.25) is 0 Å². The number of carboxylic acids is 1. The second-order valence-electron chi connectivity index (χ2n) is 4.15. The van der Waals surface area contributed by atoms with E-state index in [1.165, 1.54) is 28.6 Å². The first-order valence-corrected chi connectivity index (χ1v) is 6.90. The molecule has 0 saturated carbocycles. The van der Waals surface area contributed by atoms with Crippen LogP contribution in [0.2, 0.25) is 0 Å². The molecule has 0 radical (unpaired) electrons. The summed E-state index contributed by atoms with van der Waals surface area (Å²) in [7, 11) is 0. The van der Waals surface area contributed by atoms with Gasteiger partial charge in [-0.15, -0.1) is 6.58 Å². The molecule has 0 saturated heterocycles. The van der Waals surface area contributed by atoms with Crippen molar-refractivity contribution >= 4 is 23.6 Å². The number of rotatable bonds is 5. The number of fused-ring (bicyclic) bond motifs is 1. The molecule has 2 rings (SSSR count). The van der Waals surface area contributed by atoms with E-state index in [9.17, 15) is 14.4 Å². The second kappa shape index (κ2) is 5.91. The third kappa shape index (κ3) is 2.74. The number of thioether (sulfide) groups is 1. The molecule has 0 fully saturated rings. The van der Waals surface area contributed by atoms with E-state index in [-0.39, 0.29) is 12.0 Å². The summed E-state index contributed by atoms with van der Waals surface area (Å²) < 4.78 is 1.42. The number of amides is 1. The van der Waals surface area contributed by atoms with Crippen LogP contribution in [0.3, 0.4) is 0 Å². The van der Waals surface area contributed by atoms with E-state index in [0.717, 1.165) is 5.75 Å². The average molecular weight is 295 g/mol. The Morgan fingerprint density at radius 1 is 1.65 bits per heavy atom. The Kier molecular flexibility index (Phi) is 4.23. The van der Waals surface area contributed by atoms with Crippen molar-refractivity contribution in [3.05, 3.63) is 34.8 Å². The zero-order chi connectivity index (χ0) is 14.7. The van der Waals surface area contributed by atoms with Crippen LogP contribution < -0.4 is 10.9 Å². The minimum atomic E-state index is -1.18. The van der Waals surface area contributed by atoms with Gasteiger partial charge in [0.25, 0.3) is 11.5 Å². The Morgan fingerprint density at radius 3 is 3.05 bits per heavy atom. The first kappa shape index (κ1) is 14.3. The lowest BCUT2D eigenvalue weighted by molar-refractivity contribution is -0.139. The monoisotopic (exact) mass is 295 g/mol. The third-order valence-electron chi connectivity index (χ3n) is 2.81. The summed E-state index contributed by atoms with van der Waals surface area (Å²) in [6.07, 6.45) is 2.66. The minimum absolute atomic E-state index is 0.0800. The van der Waals surface area contributed by atoms with E-state index in [1.54, 1.807) is 0 Å². The molecule has 7 nitrogen and oxygen atoms in total. The fourth-order valence-corrected chi connectivity index (χ4v) is 2.71. The maximum Gasteiger partial charge on any atom is 0.326 e. The van der Waals surface area contributed by atoms with Crippen LogP contribution >= 0.6 is 11.8 Å². The highest BCUT2D eigenvalue weighted by Gasteiger charge is 2.24. The molecule has 8 heteroatoms. The van der Waals surface area contributed by atoms with Gasteiger partial charge in [0.1, 0.15) is 11.6 Å². The zero-order valence-corrected chi connectivity index (χ0v) is 11.4. The van der Waals surface area contributed by atoms with Crippen LogP contribution in [0.1, 0.15) is 16.8 Å². The number of aromatic nitrogens is 2. The number of carboxylic acid groups (broad SMARTS) is 1. The van der Waals surface area contributed by atoms with Crippen LogP contribution in [0.25, 0.3) is 0 Å². The van der Waals surface area contributed by atoms with Crippen LogP contribution in [0.15, 0.2) is 28.8 Å². The molecule has 2 N–H and O–H groups in total. The molecule has 2 heterocycles. The van der Waals surface area contributed by atoms with Crippen molar-refractivity contribution < 1.29 is 14.7 Å². The van der Waals surface area contributed by atoms with Gasteiger partial charge in [-0.05, 0) is 6.42 Å². The number of carbonyl (C=O) groups is 2. The van der Waals surface area contributed by atoms with Crippen molar-refractivity contribution in [3.63, 3.8) is 0 Å². The number of hydrogen-bond donors (Lipinski definition) is 2. The molecular formula is C12H13N3O4S. The van der Waals surface area contributed by atoms with Gasteiger partial charge in [-0.2, -0.15) is 0 Å². The van der Waals surface area contributed by atoms with E-state index in [2.05, 4.69) is 16.9 Å². The van der Waals surface area contributed by atoms with Crippen LogP contribution in [-0.4, -0.2) is 38.3 Å². The summed E-state index contributed by atoms with van der Waals surface area (Å²) in [6.45, 7) is 3.93. The molecule has 0 bridgehead atoms. The topological polar surface area (TPSA) is 101 Å². The number of nitrogens with one attached hydrogen (secondary N) is 1. The standard InChI is InChI=1S/C12H13N3O4S/c1-2-3-8(11(18)19)14-9(16)7-6-13-12-15(10(7)17)4-5-20-12/h2,6,8H,1,3-5H2,(H,14,16)(H,18,19). The summed E-state index contributed by atoms with van der Waals surface area (Å²) in [6, 6.07) is -1.10. The summed E-state index contributed by atoms with van der Waals surface area (Å²) in [5, 5.41) is 11.8. The highest BCUT2D eigenvalue weighted by Crippen LogP contribution is 2.20. The van der Waals surface area contributed by atoms with E-state index >= 15 is 0 Å². The van der Waals surface area contributed by atoms with Crippen LogP contribution in [0.5, 0.6) is 0 Å². The fraction of sp³-hybridized carbons (Fsp3) is 0.333. The molecule has 106 valence electrons. The van der Waals surface area contributed by atoms with Gasteiger partial charge in [0.15, 0.2) is 5.16 Å². The van der Waals surface area contributed by atoms with Gasteiger partial charge in [-0.1, -0.05) is 17.8 Å². The Hall–Kier alpha value is -2.09. The maximum absolute atomic E-state index is 12.1. The predicted molar refractivity (Wildman–Crippen MR) is 72.9 cm³/mol. The van der Waals surface area contributed by atoms with Gasteiger partial charge in [0.05, 0.1) is 0 Å². The Morgan fingerprint density at radius 2 is 2.40 bits per heavy atom. The average Bonchev–Trinajstić information content (AvgIpc) is 2.87. The molecule has 1 aliphatic rings. The van der Waals surface area contributed by atoms with Crippen molar-refractivity contribution in [1.29, 1.82) is 0 Å².